The molecule has 1 heterocycles. The summed E-state index contributed by atoms with van der Waals surface area (Å²) in [4.78, 5) is 26.8. The van der Waals surface area contributed by atoms with Gasteiger partial charge in [0.25, 0.3) is 0 Å². The van der Waals surface area contributed by atoms with Crippen molar-refractivity contribution in [2.45, 2.75) is 31.7 Å². The molecule has 1 aromatic carbocycles. The number of hydrogen-bond acceptors (Lipinski definition) is 4. The van der Waals surface area contributed by atoms with Crippen LogP contribution in [-0.4, -0.2) is 56.3 Å². The van der Waals surface area contributed by atoms with Gasteiger partial charge >= 0.3 is 0 Å². The Labute approximate surface area is 148 Å². The van der Waals surface area contributed by atoms with Gasteiger partial charge in [0.2, 0.25) is 11.8 Å². The lowest BCUT2D eigenvalue weighted by molar-refractivity contribution is -0.144. The quantitative estimate of drug-likeness (QED) is 0.756. The SMILES string of the molecule is CN(C(=O)C1(C(=O)NCCc2ccccc2)CC1)C1CCS(=O)(=O)C1. The maximum Gasteiger partial charge on any atom is 0.238 e. The van der Waals surface area contributed by atoms with Crippen molar-refractivity contribution < 1.29 is 18.0 Å². The van der Waals surface area contributed by atoms with Gasteiger partial charge in [0.15, 0.2) is 9.84 Å². The fraction of sp³-hybridized carbons (Fsp3) is 0.556. The molecule has 1 atom stereocenters. The first-order valence-electron chi connectivity index (χ1n) is 8.64. The summed E-state index contributed by atoms with van der Waals surface area (Å²) in [5.74, 6) is -0.361. The molecule has 1 saturated carbocycles. The van der Waals surface area contributed by atoms with Crippen LogP contribution >= 0.6 is 0 Å². The van der Waals surface area contributed by atoms with E-state index in [1.807, 2.05) is 30.3 Å². The molecule has 136 valence electrons. The minimum Gasteiger partial charge on any atom is -0.355 e. The van der Waals surface area contributed by atoms with Crippen LogP contribution in [0.4, 0.5) is 0 Å². The highest BCUT2D eigenvalue weighted by Gasteiger charge is 2.58. The molecule has 0 spiro atoms. The molecule has 0 aromatic heterocycles. The number of sulfone groups is 1. The van der Waals surface area contributed by atoms with E-state index in [0.717, 1.165) is 5.56 Å². The summed E-state index contributed by atoms with van der Waals surface area (Å²) in [7, 11) is -1.44. The predicted molar refractivity (Wildman–Crippen MR) is 94.7 cm³/mol. The summed E-state index contributed by atoms with van der Waals surface area (Å²) in [5.41, 5.74) is 0.143. The van der Waals surface area contributed by atoms with E-state index in [0.29, 0.717) is 32.2 Å². The van der Waals surface area contributed by atoms with E-state index in [9.17, 15) is 18.0 Å². The molecule has 1 unspecified atom stereocenters. The van der Waals surface area contributed by atoms with Crippen LogP contribution < -0.4 is 5.32 Å². The van der Waals surface area contributed by atoms with Gasteiger partial charge in [-0.05, 0) is 31.2 Å². The molecule has 25 heavy (non-hydrogen) atoms. The molecule has 7 heteroatoms. The van der Waals surface area contributed by atoms with Crippen molar-refractivity contribution in [2.75, 3.05) is 25.1 Å². The van der Waals surface area contributed by atoms with Crippen LogP contribution in [-0.2, 0) is 25.8 Å². The van der Waals surface area contributed by atoms with Gasteiger partial charge in [0.1, 0.15) is 5.41 Å². The van der Waals surface area contributed by atoms with Gasteiger partial charge in [-0.15, -0.1) is 0 Å². The van der Waals surface area contributed by atoms with Crippen LogP contribution in [0.1, 0.15) is 24.8 Å². The molecule has 0 bridgehead atoms. The van der Waals surface area contributed by atoms with Gasteiger partial charge in [0.05, 0.1) is 11.5 Å². The fourth-order valence-corrected chi connectivity index (χ4v) is 5.16. The Balaban J connectivity index is 1.55. The number of carbonyl (C=O) groups is 2. The number of amides is 2. The molecule has 1 aliphatic heterocycles. The Morgan fingerprint density at radius 1 is 1.24 bits per heavy atom. The van der Waals surface area contributed by atoms with Crippen molar-refractivity contribution in [1.29, 1.82) is 0 Å². The molecule has 3 rings (SSSR count). The highest BCUT2D eigenvalue weighted by atomic mass is 32.2. The molecular weight excluding hydrogens is 340 g/mol. The molecule has 2 aliphatic rings. The van der Waals surface area contributed by atoms with E-state index in [1.54, 1.807) is 7.05 Å². The van der Waals surface area contributed by atoms with E-state index in [2.05, 4.69) is 5.32 Å². The van der Waals surface area contributed by atoms with Gasteiger partial charge in [0, 0.05) is 19.6 Å². The van der Waals surface area contributed by atoms with Crippen molar-refractivity contribution in [3.63, 3.8) is 0 Å². The van der Waals surface area contributed by atoms with Crippen LogP contribution in [0, 0.1) is 5.41 Å². The third kappa shape index (κ3) is 3.86. The summed E-state index contributed by atoms with van der Waals surface area (Å²) in [6.07, 6.45) is 2.24. The van der Waals surface area contributed by atoms with Gasteiger partial charge in [-0.1, -0.05) is 30.3 Å². The normalized spacial score (nSPS) is 23.0. The first-order valence-corrected chi connectivity index (χ1v) is 10.5. The van der Waals surface area contributed by atoms with Crippen LogP contribution in [0.25, 0.3) is 0 Å². The molecular formula is C18H24N2O4S. The number of carbonyl (C=O) groups excluding carboxylic acids is 2. The van der Waals surface area contributed by atoms with Gasteiger partial charge in [-0.3, -0.25) is 9.59 Å². The lowest BCUT2D eigenvalue weighted by Crippen LogP contribution is -2.48. The highest BCUT2D eigenvalue weighted by molar-refractivity contribution is 7.91. The first kappa shape index (κ1) is 17.9. The first-order chi connectivity index (χ1) is 11.8. The zero-order valence-electron chi connectivity index (χ0n) is 14.4. The Hall–Kier alpha value is -1.89. The number of nitrogens with one attached hydrogen (secondary N) is 1. The summed E-state index contributed by atoms with van der Waals surface area (Å²) < 4.78 is 23.3. The molecule has 2 amide bonds. The second-order valence-corrected chi connectivity index (χ2v) is 9.28. The maximum atomic E-state index is 12.8. The van der Waals surface area contributed by atoms with Crippen molar-refractivity contribution in [3.05, 3.63) is 35.9 Å². The maximum absolute atomic E-state index is 12.8. The summed E-state index contributed by atoms with van der Waals surface area (Å²) in [6, 6.07) is 9.53. The van der Waals surface area contributed by atoms with Crippen molar-refractivity contribution >= 4 is 21.7 Å². The molecule has 6 nitrogen and oxygen atoms in total. The number of benzene rings is 1. The minimum absolute atomic E-state index is 0.000939. The lowest BCUT2D eigenvalue weighted by Gasteiger charge is -2.27. The highest BCUT2D eigenvalue weighted by Crippen LogP contribution is 2.47. The number of hydrogen-bond donors (Lipinski definition) is 1. The third-order valence-corrected chi connectivity index (χ3v) is 6.96. The van der Waals surface area contributed by atoms with E-state index in [4.69, 9.17) is 0 Å². The second kappa shape index (κ2) is 6.78. The number of nitrogens with zero attached hydrogens (tertiary/aromatic N) is 1. The average Bonchev–Trinajstić information content (AvgIpc) is 3.33. The molecule has 1 aliphatic carbocycles. The van der Waals surface area contributed by atoms with Gasteiger partial charge in [-0.25, -0.2) is 8.42 Å². The third-order valence-electron chi connectivity index (χ3n) is 5.21. The largest absolute Gasteiger partial charge is 0.355 e. The second-order valence-electron chi connectivity index (χ2n) is 7.05. The topological polar surface area (TPSA) is 83.6 Å². The molecule has 0 radical (unpaired) electrons. The van der Waals surface area contributed by atoms with Gasteiger partial charge < -0.3 is 10.2 Å². The van der Waals surface area contributed by atoms with E-state index < -0.39 is 15.3 Å². The number of rotatable bonds is 6. The van der Waals surface area contributed by atoms with E-state index in [-0.39, 0.29) is 29.4 Å². The lowest BCUT2D eigenvalue weighted by atomic mass is 10.0. The fourth-order valence-electron chi connectivity index (χ4n) is 3.38. The Morgan fingerprint density at radius 3 is 2.48 bits per heavy atom. The zero-order chi connectivity index (χ0) is 18.1. The molecule has 1 N–H and O–H groups in total. The average molecular weight is 364 g/mol. The molecule has 2 fully saturated rings. The Morgan fingerprint density at radius 2 is 1.92 bits per heavy atom. The predicted octanol–water partition coefficient (Wildman–Crippen LogP) is 0.771. The van der Waals surface area contributed by atoms with Crippen molar-refractivity contribution in [3.8, 4) is 0 Å². The smallest absolute Gasteiger partial charge is 0.238 e. The van der Waals surface area contributed by atoms with Crippen LogP contribution in [0.15, 0.2) is 30.3 Å². The summed E-state index contributed by atoms with van der Waals surface area (Å²) in [5, 5.41) is 2.87. The van der Waals surface area contributed by atoms with Crippen LogP contribution in [0.3, 0.4) is 0 Å². The zero-order valence-corrected chi connectivity index (χ0v) is 15.2. The summed E-state index contributed by atoms with van der Waals surface area (Å²) >= 11 is 0. The van der Waals surface area contributed by atoms with Crippen LogP contribution in [0.5, 0.6) is 0 Å². The van der Waals surface area contributed by atoms with Gasteiger partial charge in [-0.2, -0.15) is 0 Å². The summed E-state index contributed by atoms with van der Waals surface area (Å²) in [6.45, 7) is 0.486. The van der Waals surface area contributed by atoms with E-state index >= 15 is 0 Å². The standard InChI is InChI=1S/C18H24N2O4S/c1-20(15-8-12-25(23,24)13-15)17(22)18(9-10-18)16(21)19-11-7-14-5-3-2-4-6-14/h2-6,15H,7-13H2,1H3,(H,19,21). The monoisotopic (exact) mass is 364 g/mol. The van der Waals surface area contributed by atoms with Crippen LogP contribution in [0.2, 0.25) is 0 Å². The van der Waals surface area contributed by atoms with E-state index in [1.165, 1.54) is 4.90 Å². The Bertz CT molecular complexity index is 757. The molecule has 1 aromatic rings. The van der Waals surface area contributed by atoms with Crippen molar-refractivity contribution in [1.82, 2.24) is 10.2 Å². The Kier molecular flexibility index (Phi) is 4.86. The van der Waals surface area contributed by atoms with Crippen molar-refractivity contribution in [2.24, 2.45) is 5.41 Å². The minimum atomic E-state index is -3.06. The molecule has 1 saturated heterocycles.